The van der Waals surface area contributed by atoms with Crippen molar-refractivity contribution >= 4 is 23.0 Å². The van der Waals surface area contributed by atoms with Crippen LogP contribution in [0.15, 0.2) is 30.3 Å². The van der Waals surface area contributed by atoms with Gasteiger partial charge in [0.15, 0.2) is 6.29 Å². The fourth-order valence-corrected chi connectivity index (χ4v) is 2.91. The van der Waals surface area contributed by atoms with Crippen LogP contribution in [0.25, 0.3) is 10.9 Å². The summed E-state index contributed by atoms with van der Waals surface area (Å²) in [7, 11) is 0. The highest BCUT2D eigenvalue weighted by molar-refractivity contribution is 5.91. The summed E-state index contributed by atoms with van der Waals surface area (Å²) in [5.74, 6) is 0.706. The Hall–Kier alpha value is -1.94. The second kappa shape index (κ2) is 5.59. The van der Waals surface area contributed by atoms with E-state index in [0.717, 1.165) is 43.0 Å². The molecule has 4 nitrogen and oxygen atoms in total. The first-order valence-corrected chi connectivity index (χ1v) is 7.06. The largest absolute Gasteiger partial charge is 0.394 e. The van der Waals surface area contributed by atoms with Crippen molar-refractivity contribution in [2.75, 3.05) is 18.1 Å². The number of piperidine rings is 1. The predicted octanol–water partition coefficient (Wildman–Crippen LogP) is 2.40. The molecule has 20 heavy (non-hydrogen) atoms. The Bertz CT molecular complexity index is 627. The Morgan fingerprint density at radius 3 is 3.00 bits per heavy atom. The molecule has 1 atom stereocenters. The first kappa shape index (κ1) is 13.1. The SMILES string of the molecule is O=Cc1cc2ccccc2nc1N1CCCCC1CO. The Balaban J connectivity index is 2.10. The molecule has 1 aromatic heterocycles. The van der Waals surface area contributed by atoms with Crippen molar-refractivity contribution in [1.29, 1.82) is 0 Å². The standard InChI is InChI=1S/C16H18N2O2/c19-10-13-9-12-5-1-2-7-15(12)17-16(13)18-8-4-3-6-14(18)11-20/h1-2,5,7,9-10,14,20H,3-4,6,8,11H2. The number of fused-ring (bicyclic) bond motifs is 1. The van der Waals surface area contributed by atoms with Crippen LogP contribution in [0.1, 0.15) is 29.6 Å². The van der Waals surface area contributed by atoms with Crippen molar-refractivity contribution < 1.29 is 9.90 Å². The van der Waals surface area contributed by atoms with Gasteiger partial charge in [-0.1, -0.05) is 18.2 Å². The van der Waals surface area contributed by atoms with Crippen LogP contribution in [0.3, 0.4) is 0 Å². The van der Waals surface area contributed by atoms with Crippen LogP contribution in [0, 0.1) is 0 Å². The molecule has 3 rings (SSSR count). The fourth-order valence-electron chi connectivity index (χ4n) is 2.91. The van der Waals surface area contributed by atoms with Gasteiger partial charge in [0.2, 0.25) is 0 Å². The van der Waals surface area contributed by atoms with Crippen LogP contribution in [-0.2, 0) is 0 Å². The van der Waals surface area contributed by atoms with Crippen LogP contribution in [0.4, 0.5) is 5.82 Å². The average Bonchev–Trinajstić information content (AvgIpc) is 2.53. The Kier molecular flexibility index (Phi) is 3.65. The van der Waals surface area contributed by atoms with Crippen LogP contribution in [-0.4, -0.2) is 35.6 Å². The van der Waals surface area contributed by atoms with E-state index < -0.39 is 0 Å². The summed E-state index contributed by atoms with van der Waals surface area (Å²) < 4.78 is 0. The van der Waals surface area contributed by atoms with Crippen molar-refractivity contribution in [1.82, 2.24) is 4.98 Å². The van der Waals surface area contributed by atoms with Crippen LogP contribution in [0.5, 0.6) is 0 Å². The number of nitrogens with zero attached hydrogens (tertiary/aromatic N) is 2. The van der Waals surface area contributed by atoms with Crippen molar-refractivity contribution in [2.24, 2.45) is 0 Å². The lowest BCUT2D eigenvalue weighted by Crippen LogP contribution is -2.42. The molecular weight excluding hydrogens is 252 g/mol. The molecule has 1 saturated heterocycles. The van der Waals surface area contributed by atoms with Gasteiger partial charge in [0, 0.05) is 11.9 Å². The molecule has 0 saturated carbocycles. The number of pyridine rings is 1. The summed E-state index contributed by atoms with van der Waals surface area (Å²) in [4.78, 5) is 18.1. The van der Waals surface area contributed by atoms with E-state index in [9.17, 15) is 9.90 Å². The maximum atomic E-state index is 11.4. The quantitative estimate of drug-likeness (QED) is 0.870. The number of rotatable bonds is 3. The molecule has 2 aromatic rings. The van der Waals surface area contributed by atoms with Gasteiger partial charge >= 0.3 is 0 Å². The van der Waals surface area contributed by atoms with Gasteiger partial charge < -0.3 is 10.0 Å². The summed E-state index contributed by atoms with van der Waals surface area (Å²) in [5, 5.41) is 10.5. The van der Waals surface area contributed by atoms with E-state index in [0.29, 0.717) is 11.4 Å². The first-order valence-electron chi connectivity index (χ1n) is 7.06. The first-order chi connectivity index (χ1) is 9.83. The van der Waals surface area contributed by atoms with Crippen molar-refractivity contribution in [3.05, 3.63) is 35.9 Å². The van der Waals surface area contributed by atoms with E-state index in [4.69, 9.17) is 0 Å². The van der Waals surface area contributed by atoms with Gasteiger partial charge in [-0.2, -0.15) is 0 Å². The molecule has 1 aliphatic heterocycles. The minimum absolute atomic E-state index is 0.0658. The number of hydrogen-bond donors (Lipinski definition) is 1. The lowest BCUT2D eigenvalue weighted by atomic mass is 10.0. The van der Waals surface area contributed by atoms with Crippen molar-refractivity contribution in [3.63, 3.8) is 0 Å². The third kappa shape index (κ3) is 2.27. The number of aliphatic hydroxyl groups excluding tert-OH is 1. The highest BCUT2D eigenvalue weighted by Crippen LogP contribution is 2.28. The molecule has 1 unspecified atom stereocenters. The number of carbonyl (C=O) groups excluding carboxylic acids is 1. The minimum Gasteiger partial charge on any atom is -0.394 e. The van der Waals surface area contributed by atoms with Gasteiger partial charge in [0.25, 0.3) is 0 Å². The molecule has 0 aliphatic carbocycles. The highest BCUT2D eigenvalue weighted by Gasteiger charge is 2.25. The topological polar surface area (TPSA) is 53.4 Å². The van der Waals surface area contributed by atoms with Gasteiger partial charge in [-0.25, -0.2) is 4.98 Å². The van der Waals surface area contributed by atoms with Crippen LogP contribution in [0.2, 0.25) is 0 Å². The van der Waals surface area contributed by atoms with Crippen molar-refractivity contribution in [3.8, 4) is 0 Å². The molecule has 0 bridgehead atoms. The van der Waals surface area contributed by atoms with E-state index in [-0.39, 0.29) is 12.6 Å². The number of aldehydes is 1. The van der Waals surface area contributed by atoms with E-state index >= 15 is 0 Å². The lowest BCUT2D eigenvalue weighted by Gasteiger charge is -2.36. The summed E-state index contributed by atoms with van der Waals surface area (Å²) >= 11 is 0. The molecule has 0 spiro atoms. The highest BCUT2D eigenvalue weighted by atomic mass is 16.3. The molecule has 0 radical (unpaired) electrons. The van der Waals surface area contributed by atoms with Crippen molar-refractivity contribution in [2.45, 2.75) is 25.3 Å². The molecular formula is C16H18N2O2. The maximum absolute atomic E-state index is 11.4. The van der Waals surface area contributed by atoms with E-state index in [2.05, 4.69) is 9.88 Å². The predicted molar refractivity (Wildman–Crippen MR) is 79.2 cm³/mol. The van der Waals surface area contributed by atoms with E-state index in [1.54, 1.807) is 0 Å². The summed E-state index contributed by atoms with van der Waals surface area (Å²) in [6.45, 7) is 0.949. The Morgan fingerprint density at radius 2 is 2.20 bits per heavy atom. The van der Waals surface area contributed by atoms with Gasteiger partial charge in [0.1, 0.15) is 5.82 Å². The summed E-state index contributed by atoms with van der Waals surface area (Å²) in [6, 6.07) is 9.74. The van der Waals surface area contributed by atoms with Gasteiger partial charge in [-0.15, -0.1) is 0 Å². The molecule has 1 aliphatic rings. The molecule has 104 valence electrons. The number of benzene rings is 1. The normalized spacial score (nSPS) is 19.2. The smallest absolute Gasteiger partial charge is 0.153 e. The number of anilines is 1. The Labute approximate surface area is 118 Å². The monoisotopic (exact) mass is 270 g/mol. The van der Waals surface area contributed by atoms with Gasteiger partial charge in [0.05, 0.1) is 23.7 Å². The third-order valence-corrected chi connectivity index (χ3v) is 3.97. The zero-order valence-electron chi connectivity index (χ0n) is 11.3. The fraction of sp³-hybridized carbons (Fsp3) is 0.375. The second-order valence-electron chi connectivity index (χ2n) is 5.24. The second-order valence-corrected chi connectivity index (χ2v) is 5.24. The molecule has 2 heterocycles. The number of para-hydroxylation sites is 1. The van der Waals surface area contributed by atoms with Gasteiger partial charge in [-0.05, 0) is 31.4 Å². The summed E-state index contributed by atoms with van der Waals surface area (Å²) in [6.07, 6.45) is 4.00. The lowest BCUT2D eigenvalue weighted by molar-refractivity contribution is 0.112. The zero-order chi connectivity index (χ0) is 13.9. The molecule has 1 N–H and O–H groups in total. The van der Waals surface area contributed by atoms with E-state index in [1.807, 2.05) is 30.3 Å². The van der Waals surface area contributed by atoms with E-state index in [1.165, 1.54) is 0 Å². The maximum Gasteiger partial charge on any atom is 0.153 e. The number of carbonyl (C=O) groups is 1. The Morgan fingerprint density at radius 1 is 1.35 bits per heavy atom. The summed E-state index contributed by atoms with van der Waals surface area (Å²) in [5.41, 5.74) is 1.49. The zero-order valence-corrected chi connectivity index (χ0v) is 11.3. The molecule has 1 aromatic carbocycles. The minimum atomic E-state index is 0.0658. The number of hydrogen-bond acceptors (Lipinski definition) is 4. The number of aliphatic hydroxyl groups is 1. The van der Waals surface area contributed by atoms with Crippen LogP contribution < -0.4 is 4.90 Å². The molecule has 1 fully saturated rings. The average molecular weight is 270 g/mol. The number of aromatic nitrogens is 1. The molecule has 0 amide bonds. The third-order valence-electron chi connectivity index (χ3n) is 3.97. The van der Waals surface area contributed by atoms with Crippen LogP contribution >= 0.6 is 0 Å². The van der Waals surface area contributed by atoms with Gasteiger partial charge in [-0.3, -0.25) is 4.79 Å². The molecule has 4 heteroatoms.